The van der Waals surface area contributed by atoms with Crippen LogP contribution in [-0.2, 0) is 0 Å². The van der Waals surface area contributed by atoms with Gasteiger partial charge in [0, 0.05) is 23.2 Å². The van der Waals surface area contributed by atoms with Gasteiger partial charge >= 0.3 is 0 Å². The van der Waals surface area contributed by atoms with Crippen LogP contribution >= 0.6 is 11.6 Å². The molecule has 98 valence electrons. The Morgan fingerprint density at radius 2 is 2.11 bits per heavy atom. The number of ether oxygens (including phenoxy) is 1. The first-order chi connectivity index (χ1) is 9.28. The van der Waals surface area contributed by atoms with Crippen LogP contribution in [0.4, 0.5) is 5.69 Å². The number of halogens is 1. The van der Waals surface area contributed by atoms with Crippen LogP contribution in [0.2, 0.25) is 5.02 Å². The number of methoxy groups -OCH3 is 1. The molecule has 1 heterocycles. The third kappa shape index (κ3) is 2.41. The van der Waals surface area contributed by atoms with Gasteiger partial charge in [-0.3, -0.25) is 0 Å². The molecule has 0 saturated heterocycles. The lowest BCUT2D eigenvalue weighted by Crippen LogP contribution is -2.17. The summed E-state index contributed by atoms with van der Waals surface area (Å²) in [5.74, 6) is 1.31. The number of rotatable bonds is 2. The SMILES string of the molecule is COc1cccc([C@H]2CCNc3cc(Cl)ccc32)c1. The zero-order valence-corrected chi connectivity index (χ0v) is 11.6. The second-order valence-electron chi connectivity index (χ2n) is 4.78. The number of hydrogen-bond donors (Lipinski definition) is 1. The van der Waals surface area contributed by atoms with E-state index in [0.29, 0.717) is 5.92 Å². The molecule has 1 aliphatic rings. The molecule has 0 aromatic heterocycles. The Morgan fingerprint density at radius 3 is 2.95 bits per heavy atom. The zero-order valence-electron chi connectivity index (χ0n) is 10.8. The van der Waals surface area contributed by atoms with E-state index in [9.17, 15) is 0 Å². The average molecular weight is 274 g/mol. The second-order valence-corrected chi connectivity index (χ2v) is 5.21. The van der Waals surface area contributed by atoms with Gasteiger partial charge in [-0.15, -0.1) is 0 Å². The van der Waals surface area contributed by atoms with E-state index in [2.05, 4.69) is 23.5 Å². The van der Waals surface area contributed by atoms with Gasteiger partial charge < -0.3 is 10.1 Å². The number of fused-ring (bicyclic) bond motifs is 1. The Balaban J connectivity index is 2.03. The van der Waals surface area contributed by atoms with E-state index >= 15 is 0 Å². The molecule has 0 fully saturated rings. The highest BCUT2D eigenvalue weighted by Gasteiger charge is 2.21. The van der Waals surface area contributed by atoms with Gasteiger partial charge in [0.25, 0.3) is 0 Å². The van der Waals surface area contributed by atoms with Crippen LogP contribution in [0.15, 0.2) is 42.5 Å². The molecule has 2 aromatic rings. The number of hydrogen-bond acceptors (Lipinski definition) is 2. The fourth-order valence-corrected chi connectivity index (χ4v) is 2.87. The third-order valence-electron chi connectivity index (χ3n) is 3.64. The summed E-state index contributed by atoms with van der Waals surface area (Å²) < 4.78 is 5.32. The van der Waals surface area contributed by atoms with Gasteiger partial charge in [-0.2, -0.15) is 0 Å². The van der Waals surface area contributed by atoms with Crippen LogP contribution in [-0.4, -0.2) is 13.7 Å². The Bertz CT molecular complexity index is 597. The molecular formula is C16H16ClNO. The van der Waals surface area contributed by atoms with Crippen molar-refractivity contribution < 1.29 is 4.74 Å². The van der Waals surface area contributed by atoms with Crippen LogP contribution in [0.25, 0.3) is 0 Å². The predicted octanol–water partition coefficient (Wildman–Crippen LogP) is 4.30. The Morgan fingerprint density at radius 1 is 1.21 bits per heavy atom. The van der Waals surface area contributed by atoms with Crippen molar-refractivity contribution >= 4 is 17.3 Å². The van der Waals surface area contributed by atoms with E-state index in [-0.39, 0.29) is 0 Å². The summed E-state index contributed by atoms with van der Waals surface area (Å²) in [6.45, 7) is 0.967. The van der Waals surface area contributed by atoms with Crippen molar-refractivity contribution in [3.05, 3.63) is 58.6 Å². The van der Waals surface area contributed by atoms with Crippen molar-refractivity contribution in [3.63, 3.8) is 0 Å². The minimum absolute atomic E-state index is 0.406. The normalized spacial score (nSPS) is 17.5. The maximum atomic E-state index is 6.06. The maximum absolute atomic E-state index is 6.06. The molecule has 0 aliphatic carbocycles. The van der Waals surface area contributed by atoms with Gasteiger partial charge in [-0.05, 0) is 41.8 Å². The fourth-order valence-electron chi connectivity index (χ4n) is 2.70. The first-order valence-corrected chi connectivity index (χ1v) is 6.83. The van der Waals surface area contributed by atoms with Crippen molar-refractivity contribution in [2.75, 3.05) is 19.0 Å². The molecule has 19 heavy (non-hydrogen) atoms. The average Bonchev–Trinajstić information content (AvgIpc) is 2.46. The molecule has 0 radical (unpaired) electrons. The molecule has 0 amide bonds. The summed E-state index contributed by atoms with van der Waals surface area (Å²) in [6, 6.07) is 14.4. The largest absolute Gasteiger partial charge is 0.497 e. The van der Waals surface area contributed by atoms with Crippen LogP contribution < -0.4 is 10.1 Å². The number of benzene rings is 2. The first kappa shape index (κ1) is 12.4. The number of anilines is 1. The molecule has 1 aliphatic heterocycles. The van der Waals surface area contributed by atoms with Crippen molar-refractivity contribution in [2.45, 2.75) is 12.3 Å². The van der Waals surface area contributed by atoms with Crippen molar-refractivity contribution in [1.29, 1.82) is 0 Å². The summed E-state index contributed by atoms with van der Waals surface area (Å²) in [6.07, 6.45) is 1.09. The minimum atomic E-state index is 0.406. The summed E-state index contributed by atoms with van der Waals surface area (Å²) in [5, 5.41) is 4.19. The van der Waals surface area contributed by atoms with Crippen LogP contribution in [0.3, 0.4) is 0 Å². The minimum Gasteiger partial charge on any atom is -0.497 e. The van der Waals surface area contributed by atoms with Gasteiger partial charge in [0.15, 0.2) is 0 Å². The lowest BCUT2D eigenvalue weighted by Gasteiger charge is -2.27. The lowest BCUT2D eigenvalue weighted by molar-refractivity contribution is 0.414. The van der Waals surface area contributed by atoms with Crippen LogP contribution in [0.5, 0.6) is 5.75 Å². The van der Waals surface area contributed by atoms with E-state index in [1.807, 2.05) is 24.3 Å². The number of nitrogens with one attached hydrogen (secondary N) is 1. The summed E-state index contributed by atoms with van der Waals surface area (Å²) >= 11 is 6.06. The molecule has 1 N–H and O–H groups in total. The first-order valence-electron chi connectivity index (χ1n) is 6.45. The highest BCUT2D eigenvalue weighted by atomic mass is 35.5. The Labute approximate surface area is 118 Å². The smallest absolute Gasteiger partial charge is 0.119 e. The molecule has 2 nitrogen and oxygen atoms in total. The van der Waals surface area contributed by atoms with Crippen LogP contribution in [0, 0.1) is 0 Å². The molecule has 3 heteroatoms. The molecule has 1 atom stereocenters. The van der Waals surface area contributed by atoms with Gasteiger partial charge in [-0.25, -0.2) is 0 Å². The van der Waals surface area contributed by atoms with Crippen molar-refractivity contribution in [3.8, 4) is 5.75 Å². The highest BCUT2D eigenvalue weighted by molar-refractivity contribution is 6.30. The maximum Gasteiger partial charge on any atom is 0.119 e. The zero-order chi connectivity index (χ0) is 13.2. The fraction of sp³-hybridized carbons (Fsp3) is 0.250. The summed E-state index contributed by atoms with van der Waals surface area (Å²) in [7, 11) is 1.70. The van der Waals surface area contributed by atoms with Crippen LogP contribution in [0.1, 0.15) is 23.5 Å². The summed E-state index contributed by atoms with van der Waals surface area (Å²) in [5.41, 5.74) is 3.75. The molecular weight excluding hydrogens is 258 g/mol. The van der Waals surface area contributed by atoms with Gasteiger partial charge in [0.05, 0.1) is 7.11 Å². The summed E-state index contributed by atoms with van der Waals surface area (Å²) in [4.78, 5) is 0. The van der Waals surface area contributed by atoms with E-state index in [4.69, 9.17) is 16.3 Å². The van der Waals surface area contributed by atoms with Gasteiger partial charge in [0.2, 0.25) is 0 Å². The van der Waals surface area contributed by atoms with Crippen molar-refractivity contribution in [2.24, 2.45) is 0 Å². The third-order valence-corrected chi connectivity index (χ3v) is 3.87. The van der Waals surface area contributed by atoms with Crippen molar-refractivity contribution in [1.82, 2.24) is 0 Å². The molecule has 2 aromatic carbocycles. The highest BCUT2D eigenvalue weighted by Crippen LogP contribution is 2.38. The quantitative estimate of drug-likeness (QED) is 0.881. The Kier molecular flexibility index (Phi) is 3.34. The molecule has 3 rings (SSSR count). The molecule has 0 unspecified atom stereocenters. The monoisotopic (exact) mass is 273 g/mol. The van der Waals surface area contributed by atoms with E-state index < -0.39 is 0 Å². The molecule has 0 spiro atoms. The molecule has 0 bridgehead atoms. The second kappa shape index (κ2) is 5.14. The van der Waals surface area contributed by atoms with E-state index in [0.717, 1.165) is 29.4 Å². The topological polar surface area (TPSA) is 21.3 Å². The standard InChI is InChI=1S/C16H16ClNO/c1-19-13-4-2-3-11(9-13)14-7-8-18-16-10-12(17)5-6-15(14)16/h2-6,9-10,14,18H,7-8H2,1H3/t14-/m1/s1. The van der Waals surface area contributed by atoms with E-state index in [1.165, 1.54) is 11.1 Å². The van der Waals surface area contributed by atoms with Gasteiger partial charge in [-0.1, -0.05) is 29.8 Å². The Hall–Kier alpha value is -1.67. The van der Waals surface area contributed by atoms with Gasteiger partial charge in [0.1, 0.15) is 5.75 Å². The lowest BCUT2D eigenvalue weighted by atomic mass is 9.85. The van der Waals surface area contributed by atoms with E-state index in [1.54, 1.807) is 7.11 Å². The molecule has 0 saturated carbocycles. The predicted molar refractivity (Wildman–Crippen MR) is 79.4 cm³/mol.